The largest absolute Gasteiger partial charge is 0.359 e. The Morgan fingerprint density at radius 1 is 1.31 bits per heavy atom. The standard InChI is InChI=1S/C10H16N4O2/c1-10(5-4-6-10)11-7-8(15)13(2)9(16)14(3)12-7/h4-6H2,1-3H3,(H,11,12). The summed E-state index contributed by atoms with van der Waals surface area (Å²) in [6, 6.07) is 0. The van der Waals surface area contributed by atoms with E-state index in [1.807, 2.05) is 0 Å². The summed E-state index contributed by atoms with van der Waals surface area (Å²) < 4.78 is 2.24. The number of rotatable bonds is 2. The second-order valence-electron chi connectivity index (χ2n) is 4.66. The summed E-state index contributed by atoms with van der Waals surface area (Å²) in [6.07, 6.45) is 3.22. The molecule has 1 aliphatic carbocycles. The molecule has 2 rings (SSSR count). The summed E-state index contributed by atoms with van der Waals surface area (Å²) in [5.41, 5.74) is -0.818. The van der Waals surface area contributed by atoms with Crippen molar-refractivity contribution in [3.63, 3.8) is 0 Å². The molecule has 1 aliphatic rings. The van der Waals surface area contributed by atoms with Crippen molar-refractivity contribution in [3.8, 4) is 0 Å². The fourth-order valence-corrected chi connectivity index (χ4v) is 1.89. The Bertz CT molecular complexity index is 525. The molecule has 0 saturated heterocycles. The van der Waals surface area contributed by atoms with Crippen molar-refractivity contribution in [1.29, 1.82) is 0 Å². The maximum atomic E-state index is 11.8. The minimum Gasteiger partial charge on any atom is -0.359 e. The quantitative estimate of drug-likeness (QED) is 0.757. The van der Waals surface area contributed by atoms with Crippen LogP contribution in [-0.4, -0.2) is 19.9 Å². The van der Waals surface area contributed by atoms with Gasteiger partial charge in [0.25, 0.3) is 5.56 Å². The van der Waals surface area contributed by atoms with Gasteiger partial charge in [-0.3, -0.25) is 9.36 Å². The van der Waals surface area contributed by atoms with Crippen LogP contribution in [0.1, 0.15) is 26.2 Å². The van der Waals surface area contributed by atoms with Gasteiger partial charge in [0.15, 0.2) is 0 Å². The van der Waals surface area contributed by atoms with Crippen LogP contribution in [-0.2, 0) is 14.1 Å². The molecule has 1 saturated carbocycles. The number of nitrogens with one attached hydrogen (secondary N) is 1. The fourth-order valence-electron chi connectivity index (χ4n) is 1.89. The first kappa shape index (κ1) is 10.9. The van der Waals surface area contributed by atoms with E-state index in [0.29, 0.717) is 0 Å². The van der Waals surface area contributed by atoms with Crippen molar-refractivity contribution >= 4 is 5.82 Å². The van der Waals surface area contributed by atoms with Crippen LogP contribution in [0.5, 0.6) is 0 Å². The van der Waals surface area contributed by atoms with E-state index < -0.39 is 5.69 Å². The summed E-state index contributed by atoms with van der Waals surface area (Å²) in [6.45, 7) is 2.06. The third-order valence-corrected chi connectivity index (χ3v) is 3.20. The molecule has 0 amide bonds. The molecule has 0 bridgehead atoms. The normalized spacial score (nSPS) is 17.9. The molecule has 0 atom stereocenters. The second kappa shape index (κ2) is 3.47. The lowest BCUT2D eigenvalue weighted by Crippen LogP contribution is -2.47. The molecule has 6 nitrogen and oxygen atoms in total. The molecule has 1 N–H and O–H groups in total. The van der Waals surface area contributed by atoms with Crippen molar-refractivity contribution in [2.24, 2.45) is 14.1 Å². The van der Waals surface area contributed by atoms with Crippen molar-refractivity contribution < 1.29 is 0 Å². The zero-order valence-corrected chi connectivity index (χ0v) is 9.78. The molecule has 16 heavy (non-hydrogen) atoms. The lowest BCUT2D eigenvalue weighted by atomic mass is 9.78. The summed E-state index contributed by atoms with van der Waals surface area (Å²) in [7, 11) is 3.00. The van der Waals surface area contributed by atoms with Gasteiger partial charge in [-0.1, -0.05) is 0 Å². The van der Waals surface area contributed by atoms with E-state index >= 15 is 0 Å². The number of anilines is 1. The van der Waals surface area contributed by atoms with Crippen LogP contribution in [0.4, 0.5) is 5.82 Å². The Kier molecular flexibility index (Phi) is 2.36. The number of aromatic nitrogens is 3. The highest BCUT2D eigenvalue weighted by molar-refractivity contribution is 5.34. The zero-order valence-electron chi connectivity index (χ0n) is 9.78. The Morgan fingerprint density at radius 3 is 2.44 bits per heavy atom. The van der Waals surface area contributed by atoms with E-state index in [-0.39, 0.29) is 16.9 Å². The second-order valence-corrected chi connectivity index (χ2v) is 4.66. The van der Waals surface area contributed by atoms with Crippen LogP contribution in [0, 0.1) is 0 Å². The van der Waals surface area contributed by atoms with Crippen molar-refractivity contribution in [2.75, 3.05) is 5.32 Å². The van der Waals surface area contributed by atoms with Crippen molar-refractivity contribution in [3.05, 3.63) is 20.8 Å². The smallest absolute Gasteiger partial charge is 0.346 e. The minimum atomic E-state index is -0.408. The average Bonchev–Trinajstić information content (AvgIpc) is 2.20. The lowest BCUT2D eigenvalue weighted by molar-refractivity contribution is 0.304. The number of hydrogen-bond acceptors (Lipinski definition) is 4. The highest BCUT2D eigenvalue weighted by Crippen LogP contribution is 2.33. The van der Waals surface area contributed by atoms with Crippen LogP contribution in [0.3, 0.4) is 0 Å². The SMILES string of the molecule is Cn1nc(NC2(C)CCC2)c(=O)n(C)c1=O. The molecule has 0 aliphatic heterocycles. The molecule has 6 heteroatoms. The highest BCUT2D eigenvalue weighted by Gasteiger charge is 2.32. The third kappa shape index (κ3) is 1.64. The maximum Gasteiger partial charge on any atom is 0.346 e. The molecule has 0 spiro atoms. The Balaban J connectivity index is 2.42. The molecular weight excluding hydrogens is 208 g/mol. The van der Waals surface area contributed by atoms with E-state index in [2.05, 4.69) is 17.3 Å². The average molecular weight is 224 g/mol. The van der Waals surface area contributed by atoms with Crippen LogP contribution in [0.15, 0.2) is 9.59 Å². The van der Waals surface area contributed by atoms with Gasteiger partial charge in [0.05, 0.1) is 0 Å². The molecular formula is C10H16N4O2. The van der Waals surface area contributed by atoms with E-state index in [4.69, 9.17) is 0 Å². The van der Waals surface area contributed by atoms with Crippen molar-refractivity contribution in [2.45, 2.75) is 31.7 Å². The summed E-state index contributed by atoms with van der Waals surface area (Å²) >= 11 is 0. The Morgan fingerprint density at radius 2 is 1.94 bits per heavy atom. The van der Waals surface area contributed by atoms with E-state index in [1.54, 1.807) is 0 Å². The predicted octanol–water partition coefficient (Wildman–Crippen LogP) is -0.167. The summed E-state index contributed by atoms with van der Waals surface area (Å²) in [5, 5.41) is 7.09. The topological polar surface area (TPSA) is 68.9 Å². The molecule has 0 unspecified atom stereocenters. The van der Waals surface area contributed by atoms with Gasteiger partial charge >= 0.3 is 5.69 Å². The number of nitrogens with zero attached hydrogens (tertiary/aromatic N) is 3. The van der Waals surface area contributed by atoms with Gasteiger partial charge in [-0.15, -0.1) is 5.10 Å². The maximum absolute atomic E-state index is 11.8. The van der Waals surface area contributed by atoms with Gasteiger partial charge < -0.3 is 5.32 Å². The molecule has 1 fully saturated rings. The van der Waals surface area contributed by atoms with Gasteiger partial charge in [-0.2, -0.15) is 0 Å². The molecule has 1 aromatic rings. The zero-order chi connectivity index (χ0) is 11.9. The van der Waals surface area contributed by atoms with E-state index in [9.17, 15) is 9.59 Å². The van der Waals surface area contributed by atoms with E-state index in [1.165, 1.54) is 18.8 Å². The van der Waals surface area contributed by atoms with Gasteiger partial charge in [-0.25, -0.2) is 9.48 Å². The first-order valence-electron chi connectivity index (χ1n) is 5.35. The Hall–Kier alpha value is -1.59. The van der Waals surface area contributed by atoms with E-state index in [0.717, 1.165) is 23.8 Å². The third-order valence-electron chi connectivity index (χ3n) is 3.20. The molecule has 0 radical (unpaired) electrons. The highest BCUT2D eigenvalue weighted by atomic mass is 16.2. The Labute approximate surface area is 92.9 Å². The van der Waals surface area contributed by atoms with Gasteiger partial charge in [0.2, 0.25) is 5.82 Å². The summed E-state index contributed by atoms with van der Waals surface area (Å²) in [5.74, 6) is 0.256. The first-order chi connectivity index (χ1) is 7.43. The van der Waals surface area contributed by atoms with Crippen LogP contribution in [0.25, 0.3) is 0 Å². The van der Waals surface area contributed by atoms with Gasteiger partial charge in [0.1, 0.15) is 0 Å². The van der Waals surface area contributed by atoms with Crippen LogP contribution < -0.4 is 16.6 Å². The molecule has 1 heterocycles. The lowest BCUT2D eigenvalue weighted by Gasteiger charge is -2.39. The molecule has 88 valence electrons. The fraction of sp³-hybridized carbons (Fsp3) is 0.700. The number of hydrogen-bond donors (Lipinski definition) is 1. The summed E-state index contributed by atoms with van der Waals surface area (Å²) in [4.78, 5) is 23.2. The van der Waals surface area contributed by atoms with Crippen molar-refractivity contribution in [1.82, 2.24) is 14.3 Å². The first-order valence-corrected chi connectivity index (χ1v) is 5.35. The number of aryl methyl sites for hydroxylation is 1. The monoisotopic (exact) mass is 224 g/mol. The molecule has 0 aromatic carbocycles. The van der Waals surface area contributed by atoms with Crippen LogP contribution in [0.2, 0.25) is 0 Å². The van der Waals surface area contributed by atoms with Gasteiger partial charge in [0, 0.05) is 19.6 Å². The molecule has 1 aromatic heterocycles. The minimum absolute atomic E-state index is 0.0451. The van der Waals surface area contributed by atoms with Crippen LogP contribution >= 0.6 is 0 Å². The predicted molar refractivity (Wildman–Crippen MR) is 60.6 cm³/mol. The van der Waals surface area contributed by atoms with Gasteiger partial charge in [-0.05, 0) is 26.2 Å².